The Bertz CT molecular complexity index is 366. The first-order valence-corrected chi connectivity index (χ1v) is 7.79. The topological polar surface area (TPSA) is 21.3 Å². The van der Waals surface area contributed by atoms with Gasteiger partial charge in [-0.15, -0.1) is 11.3 Å². The summed E-state index contributed by atoms with van der Waals surface area (Å²) in [6, 6.07) is 2.93. The standard InChI is InChI=1S/C15H25NOS/c1-10(2)15-8-13(5-6-17-15)16-9-14-7-11(3)12(4)18-14/h7,10,13,15-16H,5-6,8-9H2,1-4H3. The van der Waals surface area contributed by atoms with Gasteiger partial charge in [-0.3, -0.25) is 0 Å². The molecule has 1 aromatic rings. The van der Waals surface area contributed by atoms with Crippen LogP contribution < -0.4 is 5.32 Å². The van der Waals surface area contributed by atoms with Crippen molar-refractivity contribution in [2.75, 3.05) is 6.61 Å². The summed E-state index contributed by atoms with van der Waals surface area (Å²) in [5.74, 6) is 0.626. The van der Waals surface area contributed by atoms with E-state index in [1.807, 2.05) is 11.3 Å². The molecule has 0 saturated carbocycles. The zero-order valence-electron chi connectivity index (χ0n) is 12.0. The SMILES string of the molecule is Cc1cc(CNC2CCOC(C(C)C)C2)sc1C. The molecule has 1 fully saturated rings. The lowest BCUT2D eigenvalue weighted by molar-refractivity contribution is -0.0245. The fraction of sp³-hybridized carbons (Fsp3) is 0.733. The molecule has 102 valence electrons. The number of rotatable bonds is 4. The Morgan fingerprint density at radius 2 is 2.22 bits per heavy atom. The summed E-state index contributed by atoms with van der Waals surface area (Å²) in [7, 11) is 0. The maximum absolute atomic E-state index is 5.81. The van der Waals surface area contributed by atoms with Gasteiger partial charge in [0, 0.05) is 28.9 Å². The first kappa shape index (κ1) is 14.0. The molecule has 1 aliphatic rings. The van der Waals surface area contributed by atoms with Crippen molar-refractivity contribution in [2.24, 2.45) is 5.92 Å². The third-order valence-corrected chi connectivity index (χ3v) is 4.99. The molecule has 2 rings (SSSR count). The van der Waals surface area contributed by atoms with Crippen LogP contribution >= 0.6 is 11.3 Å². The fourth-order valence-electron chi connectivity index (χ4n) is 2.46. The van der Waals surface area contributed by atoms with Crippen molar-refractivity contribution in [3.63, 3.8) is 0 Å². The second kappa shape index (κ2) is 6.18. The Kier molecular flexibility index (Phi) is 4.82. The van der Waals surface area contributed by atoms with Gasteiger partial charge in [-0.25, -0.2) is 0 Å². The van der Waals surface area contributed by atoms with Gasteiger partial charge in [0.15, 0.2) is 0 Å². The summed E-state index contributed by atoms with van der Waals surface area (Å²) >= 11 is 1.92. The molecule has 0 radical (unpaired) electrons. The molecular weight excluding hydrogens is 242 g/mol. The number of hydrogen-bond acceptors (Lipinski definition) is 3. The van der Waals surface area contributed by atoms with Gasteiger partial charge in [0.1, 0.15) is 0 Å². The van der Waals surface area contributed by atoms with Crippen LogP contribution in [-0.2, 0) is 11.3 Å². The average molecular weight is 267 g/mol. The molecule has 2 atom stereocenters. The summed E-state index contributed by atoms with van der Waals surface area (Å²) in [5, 5.41) is 3.69. The van der Waals surface area contributed by atoms with Gasteiger partial charge in [0.25, 0.3) is 0 Å². The lowest BCUT2D eigenvalue weighted by Crippen LogP contribution is -2.40. The van der Waals surface area contributed by atoms with Crippen molar-refractivity contribution >= 4 is 11.3 Å². The molecule has 2 nitrogen and oxygen atoms in total. The van der Waals surface area contributed by atoms with E-state index in [4.69, 9.17) is 4.74 Å². The highest BCUT2D eigenvalue weighted by molar-refractivity contribution is 7.12. The van der Waals surface area contributed by atoms with E-state index in [1.54, 1.807) is 0 Å². The highest BCUT2D eigenvalue weighted by atomic mass is 32.1. The molecule has 0 amide bonds. The van der Waals surface area contributed by atoms with Crippen molar-refractivity contribution in [3.05, 3.63) is 21.4 Å². The van der Waals surface area contributed by atoms with E-state index in [9.17, 15) is 0 Å². The minimum absolute atomic E-state index is 0.433. The molecule has 0 bridgehead atoms. The van der Waals surface area contributed by atoms with Gasteiger partial charge in [0.05, 0.1) is 6.10 Å². The van der Waals surface area contributed by atoms with Crippen LogP contribution in [0.4, 0.5) is 0 Å². The molecule has 2 heterocycles. The lowest BCUT2D eigenvalue weighted by Gasteiger charge is -2.32. The third-order valence-electron chi connectivity index (χ3n) is 3.84. The van der Waals surface area contributed by atoms with E-state index >= 15 is 0 Å². The van der Waals surface area contributed by atoms with Crippen molar-refractivity contribution in [1.29, 1.82) is 0 Å². The maximum atomic E-state index is 5.81. The van der Waals surface area contributed by atoms with Crippen LogP contribution in [0.1, 0.15) is 42.0 Å². The van der Waals surface area contributed by atoms with Crippen LogP contribution in [-0.4, -0.2) is 18.8 Å². The van der Waals surface area contributed by atoms with Gasteiger partial charge in [-0.2, -0.15) is 0 Å². The largest absolute Gasteiger partial charge is 0.378 e. The number of aryl methyl sites for hydroxylation is 2. The van der Waals surface area contributed by atoms with Crippen molar-refractivity contribution < 1.29 is 4.74 Å². The minimum atomic E-state index is 0.433. The summed E-state index contributed by atoms with van der Waals surface area (Å²) < 4.78 is 5.81. The Labute approximate surface area is 115 Å². The molecule has 1 saturated heterocycles. The zero-order chi connectivity index (χ0) is 13.1. The predicted octanol–water partition coefficient (Wildman–Crippen LogP) is 3.66. The summed E-state index contributed by atoms with van der Waals surface area (Å²) in [5.41, 5.74) is 1.42. The van der Waals surface area contributed by atoms with E-state index < -0.39 is 0 Å². The second-order valence-electron chi connectivity index (χ2n) is 5.71. The van der Waals surface area contributed by atoms with E-state index in [1.165, 1.54) is 15.3 Å². The molecule has 3 heteroatoms. The van der Waals surface area contributed by atoms with Crippen LogP contribution in [0.3, 0.4) is 0 Å². The van der Waals surface area contributed by atoms with Crippen molar-refractivity contribution in [1.82, 2.24) is 5.32 Å². The molecular formula is C15H25NOS. The van der Waals surface area contributed by atoms with E-state index in [-0.39, 0.29) is 0 Å². The van der Waals surface area contributed by atoms with Crippen LogP contribution in [0.25, 0.3) is 0 Å². The highest BCUT2D eigenvalue weighted by Gasteiger charge is 2.24. The monoisotopic (exact) mass is 267 g/mol. The van der Waals surface area contributed by atoms with E-state index in [0.29, 0.717) is 18.1 Å². The smallest absolute Gasteiger partial charge is 0.0612 e. The molecule has 0 spiro atoms. The van der Waals surface area contributed by atoms with E-state index in [2.05, 4.69) is 39.1 Å². The molecule has 0 aromatic carbocycles. The number of thiophene rings is 1. The Hall–Kier alpha value is -0.380. The fourth-order valence-corrected chi connectivity index (χ4v) is 3.46. The Morgan fingerprint density at radius 3 is 2.83 bits per heavy atom. The molecule has 1 aromatic heterocycles. The van der Waals surface area contributed by atoms with Crippen LogP contribution in [0.5, 0.6) is 0 Å². The quantitative estimate of drug-likeness (QED) is 0.899. The summed E-state index contributed by atoms with van der Waals surface area (Å²) in [6.07, 6.45) is 2.73. The summed E-state index contributed by atoms with van der Waals surface area (Å²) in [6.45, 7) is 10.8. The van der Waals surface area contributed by atoms with Crippen LogP contribution in [0.15, 0.2) is 6.07 Å². The van der Waals surface area contributed by atoms with E-state index in [0.717, 1.165) is 26.0 Å². The second-order valence-corrected chi connectivity index (χ2v) is 7.05. The number of ether oxygens (including phenoxy) is 1. The van der Waals surface area contributed by atoms with Crippen LogP contribution in [0, 0.1) is 19.8 Å². The minimum Gasteiger partial charge on any atom is -0.378 e. The number of nitrogens with one attached hydrogen (secondary N) is 1. The van der Waals surface area contributed by atoms with Gasteiger partial charge in [0.2, 0.25) is 0 Å². The molecule has 0 aliphatic carbocycles. The highest BCUT2D eigenvalue weighted by Crippen LogP contribution is 2.23. The van der Waals surface area contributed by atoms with Crippen LogP contribution in [0.2, 0.25) is 0 Å². The lowest BCUT2D eigenvalue weighted by atomic mass is 9.95. The molecule has 1 N–H and O–H groups in total. The number of hydrogen-bond donors (Lipinski definition) is 1. The molecule has 18 heavy (non-hydrogen) atoms. The molecule has 1 aliphatic heterocycles. The third kappa shape index (κ3) is 3.56. The van der Waals surface area contributed by atoms with Gasteiger partial charge >= 0.3 is 0 Å². The van der Waals surface area contributed by atoms with Gasteiger partial charge < -0.3 is 10.1 Å². The van der Waals surface area contributed by atoms with Crippen molar-refractivity contribution in [3.8, 4) is 0 Å². The Balaban J connectivity index is 1.82. The predicted molar refractivity (Wildman–Crippen MR) is 78.2 cm³/mol. The van der Waals surface area contributed by atoms with Gasteiger partial charge in [-0.1, -0.05) is 13.8 Å². The van der Waals surface area contributed by atoms with Gasteiger partial charge in [-0.05, 0) is 44.2 Å². The Morgan fingerprint density at radius 1 is 1.44 bits per heavy atom. The first-order valence-electron chi connectivity index (χ1n) is 6.97. The first-order chi connectivity index (χ1) is 8.56. The maximum Gasteiger partial charge on any atom is 0.0612 e. The molecule has 2 unspecified atom stereocenters. The summed E-state index contributed by atoms with van der Waals surface area (Å²) in [4.78, 5) is 2.90. The normalized spacial score (nSPS) is 24.7. The average Bonchev–Trinajstić information content (AvgIpc) is 2.67. The van der Waals surface area contributed by atoms with Crippen molar-refractivity contribution in [2.45, 2.75) is 59.2 Å². The zero-order valence-corrected chi connectivity index (χ0v) is 12.8.